The number of thioether (sulfide) groups is 1. The maximum atomic E-state index is 12.9. The lowest BCUT2D eigenvalue weighted by Crippen LogP contribution is -2.26. The van der Waals surface area contributed by atoms with Crippen LogP contribution in [0.15, 0.2) is 45.7 Å². The molecule has 3 aromatic rings. The van der Waals surface area contributed by atoms with Crippen LogP contribution in [-0.2, 0) is 17.9 Å². The van der Waals surface area contributed by atoms with Crippen molar-refractivity contribution in [1.82, 2.24) is 14.9 Å². The van der Waals surface area contributed by atoms with Gasteiger partial charge in [0.1, 0.15) is 10.5 Å². The molecule has 2 aromatic heterocycles. The van der Waals surface area contributed by atoms with Gasteiger partial charge in [-0.1, -0.05) is 30.8 Å². The van der Waals surface area contributed by atoms with Crippen LogP contribution in [-0.4, -0.2) is 21.2 Å². The normalized spacial score (nSPS) is 11.0. The van der Waals surface area contributed by atoms with Crippen molar-refractivity contribution in [2.45, 2.75) is 31.6 Å². The number of amides is 1. The number of aromatic nitrogens is 2. The Morgan fingerprint density at radius 3 is 2.81 bits per heavy atom. The zero-order chi connectivity index (χ0) is 18.5. The number of carbonyl (C=O) groups is 1. The Bertz CT molecular complexity index is 967. The Labute approximate surface area is 158 Å². The number of thiophene rings is 1. The Kier molecular flexibility index (Phi) is 6.05. The third-order valence-electron chi connectivity index (χ3n) is 3.71. The van der Waals surface area contributed by atoms with Gasteiger partial charge in [0.05, 0.1) is 11.3 Å². The van der Waals surface area contributed by atoms with Crippen LogP contribution in [0.3, 0.4) is 0 Å². The van der Waals surface area contributed by atoms with Crippen LogP contribution in [0, 0.1) is 5.82 Å². The number of hydrogen-bond acceptors (Lipinski definition) is 5. The van der Waals surface area contributed by atoms with E-state index in [4.69, 9.17) is 0 Å². The predicted molar refractivity (Wildman–Crippen MR) is 103 cm³/mol. The summed E-state index contributed by atoms with van der Waals surface area (Å²) in [6.45, 7) is 2.90. The molecule has 0 saturated carbocycles. The van der Waals surface area contributed by atoms with E-state index in [0.29, 0.717) is 28.5 Å². The van der Waals surface area contributed by atoms with Crippen LogP contribution in [0.1, 0.15) is 18.9 Å². The molecular formula is C18H18FN3O2S2. The Balaban J connectivity index is 1.66. The molecule has 26 heavy (non-hydrogen) atoms. The van der Waals surface area contributed by atoms with Gasteiger partial charge in [-0.15, -0.1) is 11.3 Å². The highest BCUT2D eigenvalue weighted by atomic mass is 32.2. The van der Waals surface area contributed by atoms with Gasteiger partial charge in [0.25, 0.3) is 5.56 Å². The molecule has 0 fully saturated rings. The van der Waals surface area contributed by atoms with E-state index in [1.807, 2.05) is 18.4 Å². The monoisotopic (exact) mass is 391 g/mol. The summed E-state index contributed by atoms with van der Waals surface area (Å²) in [5.74, 6) is -0.311. The molecule has 1 N–H and O–H groups in total. The van der Waals surface area contributed by atoms with E-state index in [9.17, 15) is 14.0 Å². The molecule has 8 heteroatoms. The first-order chi connectivity index (χ1) is 12.6. The molecular weight excluding hydrogens is 373 g/mol. The first-order valence-corrected chi connectivity index (χ1v) is 10.1. The molecule has 0 aliphatic heterocycles. The standard InChI is InChI=1S/C18H18FN3O2S2/c1-2-8-22-17(24)16-14(7-9-25-16)21-18(22)26-11-15(23)20-10-12-3-5-13(19)6-4-12/h3-7,9H,2,8,10-11H2,1H3,(H,20,23). The van der Waals surface area contributed by atoms with Crippen molar-refractivity contribution >= 4 is 39.2 Å². The van der Waals surface area contributed by atoms with E-state index < -0.39 is 0 Å². The number of hydrogen-bond donors (Lipinski definition) is 1. The highest BCUT2D eigenvalue weighted by Crippen LogP contribution is 2.21. The summed E-state index contributed by atoms with van der Waals surface area (Å²) >= 11 is 2.63. The van der Waals surface area contributed by atoms with Gasteiger partial charge in [-0.05, 0) is 35.6 Å². The van der Waals surface area contributed by atoms with Crippen LogP contribution >= 0.6 is 23.1 Å². The topological polar surface area (TPSA) is 64.0 Å². The third kappa shape index (κ3) is 4.31. The molecule has 0 bridgehead atoms. The molecule has 136 valence electrons. The quantitative estimate of drug-likeness (QED) is 0.495. The van der Waals surface area contributed by atoms with Gasteiger partial charge >= 0.3 is 0 Å². The van der Waals surface area contributed by atoms with Crippen LogP contribution in [0.2, 0.25) is 0 Å². The fraction of sp³-hybridized carbons (Fsp3) is 0.278. The maximum Gasteiger partial charge on any atom is 0.272 e. The molecule has 3 rings (SSSR count). The second-order valence-corrected chi connectivity index (χ2v) is 7.54. The van der Waals surface area contributed by atoms with Crippen LogP contribution in [0.5, 0.6) is 0 Å². The fourth-order valence-corrected chi connectivity index (χ4v) is 4.07. The van der Waals surface area contributed by atoms with Crippen molar-refractivity contribution in [2.75, 3.05) is 5.75 Å². The zero-order valence-electron chi connectivity index (χ0n) is 14.2. The molecule has 1 aromatic carbocycles. The van der Waals surface area contributed by atoms with Gasteiger partial charge in [-0.3, -0.25) is 14.2 Å². The number of benzene rings is 1. The molecule has 2 heterocycles. The molecule has 0 saturated heterocycles. The Morgan fingerprint density at radius 2 is 2.08 bits per heavy atom. The summed E-state index contributed by atoms with van der Waals surface area (Å²) in [6.07, 6.45) is 0.808. The van der Waals surface area contributed by atoms with E-state index in [1.54, 1.807) is 16.7 Å². The molecule has 0 unspecified atom stereocenters. The zero-order valence-corrected chi connectivity index (χ0v) is 15.8. The van der Waals surface area contributed by atoms with E-state index in [2.05, 4.69) is 10.3 Å². The van der Waals surface area contributed by atoms with Crippen LogP contribution in [0.4, 0.5) is 4.39 Å². The average Bonchev–Trinajstić information content (AvgIpc) is 3.11. The van der Waals surface area contributed by atoms with Gasteiger partial charge < -0.3 is 5.32 Å². The summed E-state index contributed by atoms with van der Waals surface area (Å²) < 4.78 is 15.2. The highest BCUT2D eigenvalue weighted by molar-refractivity contribution is 7.99. The smallest absolute Gasteiger partial charge is 0.272 e. The van der Waals surface area contributed by atoms with E-state index in [0.717, 1.165) is 12.0 Å². The lowest BCUT2D eigenvalue weighted by molar-refractivity contribution is -0.118. The Morgan fingerprint density at radius 1 is 1.31 bits per heavy atom. The lowest BCUT2D eigenvalue weighted by atomic mass is 10.2. The van der Waals surface area contributed by atoms with Gasteiger partial charge in [0, 0.05) is 13.1 Å². The summed E-state index contributed by atoms with van der Waals surface area (Å²) in [6, 6.07) is 7.80. The van der Waals surface area contributed by atoms with Crippen LogP contribution < -0.4 is 10.9 Å². The molecule has 1 amide bonds. The van der Waals surface area contributed by atoms with Crippen molar-refractivity contribution in [3.8, 4) is 0 Å². The second kappa shape index (κ2) is 8.46. The molecule has 0 spiro atoms. The van der Waals surface area contributed by atoms with E-state index in [-0.39, 0.29) is 23.0 Å². The molecule has 0 radical (unpaired) electrons. The molecule has 0 atom stereocenters. The maximum absolute atomic E-state index is 12.9. The van der Waals surface area contributed by atoms with Crippen molar-refractivity contribution in [1.29, 1.82) is 0 Å². The number of fused-ring (bicyclic) bond motifs is 1. The predicted octanol–water partition coefficient (Wildman–Crippen LogP) is 3.42. The number of rotatable bonds is 7. The SMILES string of the molecule is CCCn1c(SCC(=O)NCc2ccc(F)cc2)nc2ccsc2c1=O. The van der Waals surface area contributed by atoms with Crippen LogP contribution in [0.25, 0.3) is 10.2 Å². The van der Waals surface area contributed by atoms with Crippen molar-refractivity contribution in [3.05, 3.63) is 57.4 Å². The largest absolute Gasteiger partial charge is 0.351 e. The van der Waals surface area contributed by atoms with Gasteiger partial charge in [-0.2, -0.15) is 0 Å². The summed E-state index contributed by atoms with van der Waals surface area (Å²) in [5.41, 5.74) is 1.44. The lowest BCUT2D eigenvalue weighted by Gasteiger charge is -2.11. The number of nitrogens with one attached hydrogen (secondary N) is 1. The van der Waals surface area contributed by atoms with Crippen molar-refractivity contribution in [3.63, 3.8) is 0 Å². The first kappa shape index (κ1) is 18.6. The molecule has 0 aliphatic rings. The van der Waals surface area contributed by atoms with Crippen molar-refractivity contribution in [2.24, 2.45) is 0 Å². The summed E-state index contributed by atoms with van der Waals surface area (Å²) in [4.78, 5) is 29.2. The fourth-order valence-electron chi connectivity index (χ4n) is 2.44. The minimum atomic E-state index is -0.306. The minimum absolute atomic E-state index is 0.0546. The van der Waals surface area contributed by atoms with E-state index >= 15 is 0 Å². The number of halogens is 1. The third-order valence-corrected chi connectivity index (χ3v) is 5.58. The average molecular weight is 391 g/mol. The highest BCUT2D eigenvalue weighted by Gasteiger charge is 2.13. The number of carbonyl (C=O) groups excluding carboxylic acids is 1. The minimum Gasteiger partial charge on any atom is -0.351 e. The van der Waals surface area contributed by atoms with Crippen molar-refractivity contribution < 1.29 is 9.18 Å². The molecule has 5 nitrogen and oxygen atoms in total. The summed E-state index contributed by atoms with van der Waals surface area (Å²) in [5, 5.41) is 5.19. The second-order valence-electron chi connectivity index (χ2n) is 5.68. The van der Waals surface area contributed by atoms with E-state index in [1.165, 1.54) is 35.2 Å². The van der Waals surface area contributed by atoms with Gasteiger partial charge in [0.2, 0.25) is 5.91 Å². The van der Waals surface area contributed by atoms with Gasteiger partial charge in [-0.25, -0.2) is 9.37 Å². The number of nitrogens with zero attached hydrogens (tertiary/aromatic N) is 2. The Hall–Kier alpha value is -2.19. The first-order valence-electron chi connectivity index (χ1n) is 8.20. The summed E-state index contributed by atoms with van der Waals surface area (Å²) in [7, 11) is 0. The molecule has 0 aliphatic carbocycles. The van der Waals surface area contributed by atoms with Gasteiger partial charge in [0.15, 0.2) is 5.16 Å².